The minimum Gasteiger partial charge on any atom is -0.478 e. The molecule has 3 heteroatoms. The van der Waals surface area contributed by atoms with Crippen LogP contribution < -0.4 is 4.74 Å². The molecule has 1 aromatic rings. The summed E-state index contributed by atoms with van der Waals surface area (Å²) in [5.74, 6) is 1.76. The number of aryl methyl sites for hydroxylation is 1. The van der Waals surface area contributed by atoms with Crippen molar-refractivity contribution >= 4 is 0 Å². The molecule has 0 bridgehead atoms. The van der Waals surface area contributed by atoms with Crippen molar-refractivity contribution in [2.45, 2.75) is 38.6 Å². The second kappa shape index (κ2) is 2.50. The monoisotopic (exact) mass is 178 g/mol. The van der Waals surface area contributed by atoms with Gasteiger partial charge in [-0.05, 0) is 19.8 Å². The van der Waals surface area contributed by atoms with E-state index in [0.717, 1.165) is 31.4 Å². The molecular formula is C10H14N2O. The minimum atomic E-state index is 0.738. The molecule has 1 aliphatic carbocycles. The number of rotatable bonds is 1. The summed E-state index contributed by atoms with van der Waals surface area (Å²) in [5, 5.41) is 4.60. The maximum atomic E-state index is 5.61. The summed E-state index contributed by atoms with van der Waals surface area (Å²) in [7, 11) is 0. The molecule has 2 heterocycles. The van der Waals surface area contributed by atoms with Crippen LogP contribution in [0.1, 0.15) is 36.4 Å². The number of fused-ring (bicyclic) bond motifs is 1. The van der Waals surface area contributed by atoms with Gasteiger partial charge in [0, 0.05) is 24.4 Å². The van der Waals surface area contributed by atoms with Gasteiger partial charge < -0.3 is 4.74 Å². The first-order valence-corrected chi connectivity index (χ1v) is 5.06. The Morgan fingerprint density at radius 2 is 2.31 bits per heavy atom. The van der Waals surface area contributed by atoms with Crippen LogP contribution in [0.15, 0.2) is 0 Å². The number of hydrogen-bond donors (Lipinski definition) is 0. The Kier molecular flexibility index (Phi) is 1.43. The number of aromatic nitrogens is 2. The fourth-order valence-electron chi connectivity index (χ4n) is 2.02. The molecule has 0 amide bonds. The molecule has 0 spiro atoms. The lowest BCUT2D eigenvalue weighted by molar-refractivity contribution is 0.229. The van der Waals surface area contributed by atoms with Crippen molar-refractivity contribution in [3.63, 3.8) is 0 Å². The van der Waals surface area contributed by atoms with E-state index in [-0.39, 0.29) is 0 Å². The van der Waals surface area contributed by atoms with Crippen LogP contribution in [0.25, 0.3) is 0 Å². The maximum Gasteiger partial charge on any atom is 0.215 e. The third-order valence-electron chi connectivity index (χ3n) is 2.88. The van der Waals surface area contributed by atoms with Gasteiger partial charge in [-0.25, -0.2) is 4.68 Å². The highest BCUT2D eigenvalue weighted by Crippen LogP contribution is 2.43. The smallest absolute Gasteiger partial charge is 0.215 e. The summed E-state index contributed by atoms with van der Waals surface area (Å²) in [6.45, 7) is 4.03. The van der Waals surface area contributed by atoms with Crippen LogP contribution in [0.5, 0.6) is 5.88 Å². The average molecular weight is 178 g/mol. The Morgan fingerprint density at radius 1 is 1.46 bits per heavy atom. The second-order valence-corrected chi connectivity index (χ2v) is 4.01. The van der Waals surface area contributed by atoms with Crippen molar-refractivity contribution in [2.75, 3.05) is 6.61 Å². The van der Waals surface area contributed by atoms with Gasteiger partial charge in [0.2, 0.25) is 5.88 Å². The summed E-state index contributed by atoms with van der Waals surface area (Å²) in [6.07, 6.45) is 3.73. The van der Waals surface area contributed by atoms with E-state index in [9.17, 15) is 0 Å². The largest absolute Gasteiger partial charge is 0.478 e. The molecule has 1 aromatic heterocycles. The second-order valence-electron chi connectivity index (χ2n) is 4.01. The molecule has 3 rings (SSSR count). The number of hydrogen-bond acceptors (Lipinski definition) is 2. The molecule has 0 saturated heterocycles. The lowest BCUT2D eigenvalue weighted by Crippen LogP contribution is -2.14. The SMILES string of the molecule is Cc1c(C2CC2)nn2c1OCCC2. The van der Waals surface area contributed by atoms with Gasteiger partial charge in [0.1, 0.15) is 0 Å². The first kappa shape index (κ1) is 7.42. The van der Waals surface area contributed by atoms with E-state index in [4.69, 9.17) is 4.74 Å². The Morgan fingerprint density at radius 3 is 3.00 bits per heavy atom. The zero-order chi connectivity index (χ0) is 8.84. The van der Waals surface area contributed by atoms with E-state index in [1.165, 1.54) is 24.1 Å². The minimum absolute atomic E-state index is 0.738. The van der Waals surface area contributed by atoms with Gasteiger partial charge >= 0.3 is 0 Å². The van der Waals surface area contributed by atoms with Gasteiger partial charge in [-0.2, -0.15) is 5.10 Å². The highest BCUT2D eigenvalue weighted by Gasteiger charge is 2.31. The predicted octanol–water partition coefficient (Wildman–Crippen LogP) is 1.85. The van der Waals surface area contributed by atoms with Gasteiger partial charge in [-0.15, -0.1) is 0 Å². The van der Waals surface area contributed by atoms with Crippen LogP contribution in [0.3, 0.4) is 0 Å². The van der Waals surface area contributed by atoms with Gasteiger partial charge in [-0.3, -0.25) is 0 Å². The van der Waals surface area contributed by atoms with Crippen LogP contribution in [0, 0.1) is 6.92 Å². The standard InChI is InChI=1S/C10H14N2O/c1-7-9(8-3-4-8)11-12-5-2-6-13-10(7)12/h8H,2-6H2,1H3. The molecular weight excluding hydrogens is 164 g/mol. The van der Waals surface area contributed by atoms with Crippen LogP contribution in [0.2, 0.25) is 0 Å². The molecule has 1 fully saturated rings. The van der Waals surface area contributed by atoms with Gasteiger partial charge in [0.25, 0.3) is 0 Å². The van der Waals surface area contributed by atoms with Gasteiger partial charge in [-0.1, -0.05) is 0 Å². The zero-order valence-electron chi connectivity index (χ0n) is 7.92. The normalized spacial score (nSPS) is 21.0. The van der Waals surface area contributed by atoms with E-state index in [2.05, 4.69) is 12.0 Å². The summed E-state index contributed by atoms with van der Waals surface area (Å²) >= 11 is 0. The Labute approximate surface area is 77.7 Å². The molecule has 0 aromatic carbocycles. The lowest BCUT2D eigenvalue weighted by Gasteiger charge is -2.14. The van der Waals surface area contributed by atoms with Crippen LogP contribution in [0.4, 0.5) is 0 Å². The number of ether oxygens (including phenoxy) is 1. The van der Waals surface area contributed by atoms with Gasteiger partial charge in [0.15, 0.2) is 0 Å². The fourth-order valence-corrected chi connectivity index (χ4v) is 2.02. The number of nitrogens with zero attached hydrogens (tertiary/aromatic N) is 2. The topological polar surface area (TPSA) is 27.1 Å². The summed E-state index contributed by atoms with van der Waals surface area (Å²) < 4.78 is 7.65. The molecule has 0 unspecified atom stereocenters. The van der Waals surface area contributed by atoms with Crippen molar-refractivity contribution in [2.24, 2.45) is 0 Å². The zero-order valence-corrected chi connectivity index (χ0v) is 7.92. The summed E-state index contributed by atoms with van der Waals surface area (Å²) in [5.41, 5.74) is 2.57. The van der Waals surface area contributed by atoms with Crippen molar-refractivity contribution in [3.05, 3.63) is 11.3 Å². The maximum absolute atomic E-state index is 5.61. The lowest BCUT2D eigenvalue weighted by atomic mass is 10.2. The van der Waals surface area contributed by atoms with Crippen LogP contribution in [-0.2, 0) is 6.54 Å². The average Bonchev–Trinajstić information content (AvgIpc) is 2.94. The molecule has 0 radical (unpaired) electrons. The van der Waals surface area contributed by atoms with Gasteiger partial charge in [0.05, 0.1) is 12.3 Å². The van der Waals surface area contributed by atoms with Crippen LogP contribution in [-0.4, -0.2) is 16.4 Å². The predicted molar refractivity (Wildman–Crippen MR) is 49.1 cm³/mol. The Hall–Kier alpha value is -0.990. The fraction of sp³-hybridized carbons (Fsp3) is 0.700. The van der Waals surface area contributed by atoms with Crippen molar-refractivity contribution in [1.82, 2.24) is 9.78 Å². The third kappa shape index (κ3) is 1.06. The molecule has 13 heavy (non-hydrogen) atoms. The van der Waals surface area contributed by atoms with Crippen molar-refractivity contribution < 1.29 is 4.74 Å². The quantitative estimate of drug-likeness (QED) is 0.656. The summed E-state index contributed by atoms with van der Waals surface area (Å²) in [4.78, 5) is 0. The molecule has 2 aliphatic rings. The van der Waals surface area contributed by atoms with E-state index >= 15 is 0 Å². The highest BCUT2D eigenvalue weighted by atomic mass is 16.5. The molecule has 1 aliphatic heterocycles. The first-order chi connectivity index (χ1) is 6.36. The van der Waals surface area contributed by atoms with Crippen molar-refractivity contribution in [1.29, 1.82) is 0 Å². The molecule has 0 N–H and O–H groups in total. The van der Waals surface area contributed by atoms with E-state index < -0.39 is 0 Å². The van der Waals surface area contributed by atoms with E-state index in [1.54, 1.807) is 0 Å². The van der Waals surface area contributed by atoms with Crippen LogP contribution >= 0.6 is 0 Å². The Balaban J connectivity index is 2.06. The first-order valence-electron chi connectivity index (χ1n) is 5.06. The molecule has 1 saturated carbocycles. The third-order valence-corrected chi connectivity index (χ3v) is 2.88. The van der Waals surface area contributed by atoms with E-state index in [0.29, 0.717) is 0 Å². The molecule has 0 atom stereocenters. The molecule has 3 nitrogen and oxygen atoms in total. The Bertz CT molecular complexity index is 339. The highest BCUT2D eigenvalue weighted by molar-refractivity contribution is 5.35. The molecule has 70 valence electrons. The van der Waals surface area contributed by atoms with Crippen molar-refractivity contribution in [3.8, 4) is 5.88 Å². The summed E-state index contributed by atoms with van der Waals surface area (Å²) in [6, 6.07) is 0. The van der Waals surface area contributed by atoms with E-state index in [1.807, 2.05) is 4.68 Å².